The van der Waals surface area contributed by atoms with Crippen LogP contribution in [-0.2, 0) is 19.7 Å². The van der Waals surface area contributed by atoms with Crippen molar-refractivity contribution in [3.05, 3.63) is 0 Å². The molecule has 0 aliphatic carbocycles. The van der Waals surface area contributed by atoms with Gasteiger partial charge < -0.3 is 14.8 Å². The summed E-state index contributed by atoms with van der Waals surface area (Å²) in [5.41, 5.74) is 0. The van der Waals surface area contributed by atoms with Gasteiger partial charge >= 0.3 is 0 Å². The van der Waals surface area contributed by atoms with Gasteiger partial charge in [-0.2, -0.15) is 17.4 Å². The van der Waals surface area contributed by atoms with E-state index in [-0.39, 0.29) is 6.54 Å². The van der Waals surface area contributed by atoms with Gasteiger partial charge in [-0.15, -0.1) is 0 Å². The van der Waals surface area contributed by atoms with Crippen molar-refractivity contribution in [1.29, 1.82) is 0 Å². The molecule has 0 bridgehead atoms. The highest BCUT2D eigenvalue weighted by atomic mass is 32.2. The molecule has 16 heavy (non-hydrogen) atoms. The molecule has 1 heterocycles. The molecule has 0 saturated carbocycles. The number of hydrogen-bond donors (Lipinski definition) is 2. The molecule has 1 fully saturated rings. The van der Waals surface area contributed by atoms with E-state index in [4.69, 9.17) is 9.47 Å². The first kappa shape index (κ1) is 13.8. The standard InChI is InChI=1S/C8H19N3O4S/c1-14-8(15-2)7-10-16(12,13)11-5-3-9-4-6-11/h8-10H,3-7H2,1-2H3. The Hall–Kier alpha value is -0.250. The quantitative estimate of drug-likeness (QED) is 0.554. The Balaban J connectivity index is 2.44. The topological polar surface area (TPSA) is 79.9 Å². The van der Waals surface area contributed by atoms with E-state index in [1.54, 1.807) is 0 Å². The van der Waals surface area contributed by atoms with E-state index in [1.807, 2.05) is 0 Å². The lowest BCUT2D eigenvalue weighted by atomic mass is 10.4. The van der Waals surface area contributed by atoms with Crippen molar-refractivity contribution in [2.24, 2.45) is 0 Å². The van der Waals surface area contributed by atoms with Crippen LogP contribution in [0.2, 0.25) is 0 Å². The van der Waals surface area contributed by atoms with Crippen molar-refractivity contribution >= 4 is 10.2 Å². The summed E-state index contributed by atoms with van der Waals surface area (Å²) < 4.78 is 37.3. The van der Waals surface area contributed by atoms with E-state index < -0.39 is 16.5 Å². The number of methoxy groups -OCH3 is 2. The van der Waals surface area contributed by atoms with Crippen molar-refractivity contribution in [3.8, 4) is 0 Å². The Bertz CT molecular complexity index is 286. The molecule has 2 N–H and O–H groups in total. The van der Waals surface area contributed by atoms with Crippen LogP contribution in [0.25, 0.3) is 0 Å². The van der Waals surface area contributed by atoms with Gasteiger partial charge in [-0.1, -0.05) is 0 Å². The lowest BCUT2D eigenvalue weighted by Crippen LogP contribution is -2.51. The summed E-state index contributed by atoms with van der Waals surface area (Å²) in [5.74, 6) is 0. The fourth-order valence-corrected chi connectivity index (χ4v) is 2.60. The van der Waals surface area contributed by atoms with Crippen LogP contribution in [0, 0.1) is 0 Å². The van der Waals surface area contributed by atoms with Crippen LogP contribution in [0.5, 0.6) is 0 Å². The van der Waals surface area contributed by atoms with Gasteiger partial charge in [-0.05, 0) is 0 Å². The number of piperazine rings is 1. The Morgan fingerprint density at radius 3 is 2.38 bits per heavy atom. The van der Waals surface area contributed by atoms with Crippen LogP contribution in [0.3, 0.4) is 0 Å². The molecule has 0 aromatic rings. The SMILES string of the molecule is COC(CNS(=O)(=O)N1CCNCC1)OC. The Labute approximate surface area is 96.3 Å². The van der Waals surface area contributed by atoms with Crippen LogP contribution >= 0.6 is 0 Å². The monoisotopic (exact) mass is 253 g/mol. The fourth-order valence-electron chi connectivity index (χ4n) is 1.41. The molecule has 0 spiro atoms. The molecular formula is C8H19N3O4S. The molecule has 1 aliphatic rings. The van der Waals surface area contributed by atoms with Crippen molar-refractivity contribution in [2.45, 2.75) is 6.29 Å². The van der Waals surface area contributed by atoms with E-state index in [0.717, 1.165) is 0 Å². The molecule has 0 aromatic carbocycles. The minimum atomic E-state index is -3.42. The number of nitrogens with zero attached hydrogens (tertiary/aromatic N) is 1. The Kier molecular flexibility index (Phi) is 5.59. The maximum atomic E-state index is 11.8. The van der Waals surface area contributed by atoms with Crippen molar-refractivity contribution in [1.82, 2.24) is 14.3 Å². The zero-order valence-electron chi connectivity index (χ0n) is 9.60. The first-order chi connectivity index (χ1) is 7.60. The third kappa shape index (κ3) is 3.96. The van der Waals surface area contributed by atoms with Crippen molar-refractivity contribution in [2.75, 3.05) is 46.9 Å². The van der Waals surface area contributed by atoms with Crippen molar-refractivity contribution in [3.63, 3.8) is 0 Å². The molecule has 0 aromatic heterocycles. The van der Waals surface area contributed by atoms with Crippen LogP contribution in [0.15, 0.2) is 0 Å². The summed E-state index contributed by atoms with van der Waals surface area (Å²) in [6.07, 6.45) is -0.558. The third-order valence-electron chi connectivity index (χ3n) is 2.37. The molecule has 0 unspecified atom stereocenters. The van der Waals surface area contributed by atoms with E-state index in [0.29, 0.717) is 26.2 Å². The number of rotatable bonds is 6. The molecule has 7 nitrogen and oxygen atoms in total. The van der Waals surface area contributed by atoms with Crippen LogP contribution in [0.4, 0.5) is 0 Å². The smallest absolute Gasteiger partial charge is 0.279 e. The zero-order chi connectivity index (χ0) is 12.0. The van der Waals surface area contributed by atoms with Crippen LogP contribution in [-0.4, -0.2) is 66.0 Å². The van der Waals surface area contributed by atoms with Gasteiger partial charge in [0.05, 0.1) is 6.54 Å². The lowest BCUT2D eigenvalue weighted by molar-refractivity contribution is -0.0962. The average Bonchev–Trinajstić information content (AvgIpc) is 2.31. The second-order valence-corrected chi connectivity index (χ2v) is 5.16. The van der Waals surface area contributed by atoms with Crippen LogP contribution < -0.4 is 10.0 Å². The van der Waals surface area contributed by atoms with Gasteiger partial charge in [0.15, 0.2) is 6.29 Å². The molecule has 1 aliphatic heterocycles. The maximum absolute atomic E-state index is 11.8. The predicted molar refractivity (Wildman–Crippen MR) is 59.2 cm³/mol. The summed E-state index contributed by atoms with van der Waals surface area (Å²) in [6, 6.07) is 0. The predicted octanol–water partition coefficient (Wildman–Crippen LogP) is -1.66. The van der Waals surface area contributed by atoms with Gasteiger partial charge in [0.1, 0.15) is 0 Å². The van der Waals surface area contributed by atoms with Crippen LogP contribution in [0.1, 0.15) is 0 Å². The zero-order valence-corrected chi connectivity index (χ0v) is 10.4. The summed E-state index contributed by atoms with van der Waals surface area (Å²) >= 11 is 0. The van der Waals surface area contributed by atoms with E-state index in [2.05, 4.69) is 10.0 Å². The van der Waals surface area contributed by atoms with Gasteiger partial charge in [0.2, 0.25) is 0 Å². The van der Waals surface area contributed by atoms with E-state index in [1.165, 1.54) is 18.5 Å². The van der Waals surface area contributed by atoms with Gasteiger partial charge in [-0.25, -0.2) is 0 Å². The summed E-state index contributed by atoms with van der Waals surface area (Å²) in [4.78, 5) is 0. The normalized spacial score (nSPS) is 19.2. The maximum Gasteiger partial charge on any atom is 0.279 e. The second-order valence-electron chi connectivity index (χ2n) is 3.40. The molecule has 0 atom stereocenters. The highest BCUT2D eigenvalue weighted by Gasteiger charge is 2.24. The highest BCUT2D eigenvalue weighted by Crippen LogP contribution is 2.00. The first-order valence-electron chi connectivity index (χ1n) is 5.11. The number of hydrogen-bond acceptors (Lipinski definition) is 5. The molecule has 1 rings (SSSR count). The summed E-state index contributed by atoms with van der Waals surface area (Å²) in [5, 5.41) is 3.09. The highest BCUT2D eigenvalue weighted by molar-refractivity contribution is 7.87. The van der Waals surface area contributed by atoms with E-state index >= 15 is 0 Å². The lowest BCUT2D eigenvalue weighted by Gasteiger charge is -2.27. The third-order valence-corrected chi connectivity index (χ3v) is 3.95. The van der Waals surface area contributed by atoms with E-state index in [9.17, 15) is 8.42 Å². The molecular weight excluding hydrogens is 234 g/mol. The van der Waals surface area contributed by atoms with Crippen molar-refractivity contribution < 1.29 is 17.9 Å². The second kappa shape index (κ2) is 6.48. The minimum Gasteiger partial charge on any atom is -0.355 e. The Morgan fingerprint density at radius 2 is 1.88 bits per heavy atom. The largest absolute Gasteiger partial charge is 0.355 e. The summed E-state index contributed by atoms with van der Waals surface area (Å²) in [6.45, 7) is 2.44. The molecule has 8 heteroatoms. The molecule has 1 saturated heterocycles. The first-order valence-corrected chi connectivity index (χ1v) is 6.55. The average molecular weight is 253 g/mol. The molecule has 96 valence electrons. The molecule has 0 amide bonds. The minimum absolute atomic E-state index is 0.110. The summed E-state index contributed by atoms with van der Waals surface area (Å²) in [7, 11) is -0.484. The van der Waals surface area contributed by atoms with Gasteiger partial charge in [0.25, 0.3) is 10.2 Å². The molecule has 0 radical (unpaired) electrons. The number of nitrogens with one attached hydrogen (secondary N) is 2. The fraction of sp³-hybridized carbons (Fsp3) is 1.00. The number of ether oxygens (including phenoxy) is 2. The van der Waals surface area contributed by atoms with Gasteiger partial charge in [-0.3, -0.25) is 0 Å². The Morgan fingerprint density at radius 1 is 1.31 bits per heavy atom. The van der Waals surface area contributed by atoms with Gasteiger partial charge in [0, 0.05) is 40.4 Å².